The molecule has 4 heteroatoms. The number of hydrazine groups is 1. The van der Waals surface area contributed by atoms with Crippen LogP contribution in [0.3, 0.4) is 0 Å². The molecule has 0 amide bonds. The maximum Gasteiger partial charge on any atom is 0.0289 e. The highest BCUT2D eigenvalue weighted by molar-refractivity contribution is 9.10. The number of halogens is 1. The van der Waals surface area contributed by atoms with E-state index in [9.17, 15) is 0 Å². The lowest BCUT2D eigenvalue weighted by Gasteiger charge is -2.25. The summed E-state index contributed by atoms with van der Waals surface area (Å²) in [6.45, 7) is 2.35. The molecule has 3 unspecified atom stereocenters. The van der Waals surface area contributed by atoms with E-state index >= 15 is 0 Å². The summed E-state index contributed by atoms with van der Waals surface area (Å²) >= 11 is 5.31. The molecule has 90 valence electrons. The van der Waals surface area contributed by atoms with Crippen LogP contribution in [0.15, 0.2) is 15.9 Å². The lowest BCUT2D eigenvalue weighted by molar-refractivity contribution is 0.298. The molecular weight excluding hydrogens is 284 g/mol. The fourth-order valence-electron chi connectivity index (χ4n) is 2.78. The van der Waals surface area contributed by atoms with Crippen molar-refractivity contribution in [3.05, 3.63) is 20.8 Å². The Morgan fingerprint density at radius 1 is 1.62 bits per heavy atom. The van der Waals surface area contributed by atoms with Crippen molar-refractivity contribution < 1.29 is 0 Å². The minimum atomic E-state index is 0.433. The third-order valence-corrected chi connectivity index (χ3v) is 5.42. The highest BCUT2D eigenvalue weighted by atomic mass is 79.9. The van der Waals surface area contributed by atoms with Gasteiger partial charge in [-0.05, 0) is 46.7 Å². The molecule has 0 aliphatic heterocycles. The van der Waals surface area contributed by atoms with Gasteiger partial charge in [0.25, 0.3) is 0 Å². The first-order chi connectivity index (χ1) is 7.70. The van der Waals surface area contributed by atoms with Crippen LogP contribution in [0.25, 0.3) is 0 Å². The van der Waals surface area contributed by atoms with Gasteiger partial charge in [-0.2, -0.15) is 0 Å². The van der Waals surface area contributed by atoms with Crippen molar-refractivity contribution in [3.8, 4) is 0 Å². The van der Waals surface area contributed by atoms with E-state index < -0.39 is 0 Å². The first-order valence-corrected chi connectivity index (χ1v) is 7.57. The van der Waals surface area contributed by atoms with Crippen molar-refractivity contribution in [3.63, 3.8) is 0 Å². The normalized spacial score (nSPS) is 27.2. The summed E-state index contributed by atoms with van der Waals surface area (Å²) in [5.74, 6) is 7.26. The molecule has 1 aliphatic rings. The van der Waals surface area contributed by atoms with Crippen molar-refractivity contribution in [2.75, 3.05) is 0 Å². The molecule has 1 aliphatic carbocycles. The quantitative estimate of drug-likeness (QED) is 0.661. The number of hydrogen-bond donors (Lipinski definition) is 2. The maximum atomic E-state index is 5.71. The molecule has 0 spiro atoms. The Balaban J connectivity index is 2.00. The van der Waals surface area contributed by atoms with Crippen molar-refractivity contribution >= 4 is 27.3 Å². The smallest absolute Gasteiger partial charge is 0.0289 e. The Kier molecular flexibility index (Phi) is 4.41. The van der Waals surface area contributed by atoms with Gasteiger partial charge in [0, 0.05) is 20.8 Å². The summed E-state index contributed by atoms with van der Waals surface area (Å²) < 4.78 is 1.18. The second-order valence-electron chi connectivity index (χ2n) is 4.78. The van der Waals surface area contributed by atoms with Crippen LogP contribution in [0.2, 0.25) is 0 Å². The topological polar surface area (TPSA) is 38.0 Å². The first-order valence-electron chi connectivity index (χ1n) is 5.89. The summed E-state index contributed by atoms with van der Waals surface area (Å²) in [7, 11) is 0. The zero-order valence-electron chi connectivity index (χ0n) is 9.58. The van der Waals surface area contributed by atoms with Crippen molar-refractivity contribution in [1.29, 1.82) is 0 Å². The van der Waals surface area contributed by atoms with Gasteiger partial charge in [0.2, 0.25) is 0 Å². The Morgan fingerprint density at radius 2 is 2.44 bits per heavy atom. The molecule has 2 nitrogen and oxygen atoms in total. The third kappa shape index (κ3) is 2.86. The molecule has 1 aromatic heterocycles. The Bertz CT molecular complexity index is 340. The molecule has 0 saturated heterocycles. The minimum Gasteiger partial charge on any atom is -0.271 e. The molecule has 1 fully saturated rings. The second kappa shape index (κ2) is 5.63. The van der Waals surface area contributed by atoms with Crippen LogP contribution in [0.4, 0.5) is 0 Å². The van der Waals surface area contributed by atoms with E-state index in [2.05, 4.69) is 39.7 Å². The van der Waals surface area contributed by atoms with Crippen LogP contribution in [-0.2, 0) is 6.42 Å². The Labute approximate surface area is 110 Å². The van der Waals surface area contributed by atoms with Crippen LogP contribution in [-0.4, -0.2) is 6.04 Å². The van der Waals surface area contributed by atoms with Gasteiger partial charge in [-0.15, -0.1) is 11.3 Å². The van der Waals surface area contributed by atoms with Crippen LogP contribution in [0.5, 0.6) is 0 Å². The highest BCUT2D eigenvalue weighted by Gasteiger charge is 2.30. The maximum absolute atomic E-state index is 5.71. The molecular formula is C12H19BrN2S. The predicted molar refractivity (Wildman–Crippen MR) is 73.3 cm³/mol. The van der Waals surface area contributed by atoms with Crippen molar-refractivity contribution in [1.82, 2.24) is 5.43 Å². The molecule has 0 aromatic carbocycles. The van der Waals surface area contributed by atoms with Gasteiger partial charge in [0.05, 0.1) is 0 Å². The second-order valence-corrected chi connectivity index (χ2v) is 6.69. The zero-order chi connectivity index (χ0) is 11.5. The molecule has 16 heavy (non-hydrogen) atoms. The van der Waals surface area contributed by atoms with Crippen LogP contribution < -0.4 is 11.3 Å². The van der Waals surface area contributed by atoms with E-state index in [-0.39, 0.29) is 0 Å². The number of rotatable bonds is 4. The summed E-state index contributed by atoms with van der Waals surface area (Å²) in [5.41, 5.74) is 3.02. The molecule has 1 heterocycles. The number of thiophene rings is 1. The monoisotopic (exact) mass is 302 g/mol. The van der Waals surface area contributed by atoms with Gasteiger partial charge in [0.1, 0.15) is 0 Å². The molecule has 2 rings (SSSR count). The van der Waals surface area contributed by atoms with Gasteiger partial charge in [-0.3, -0.25) is 11.3 Å². The van der Waals surface area contributed by atoms with Gasteiger partial charge >= 0.3 is 0 Å². The number of nitrogens with two attached hydrogens (primary N) is 1. The van der Waals surface area contributed by atoms with E-state index in [4.69, 9.17) is 5.84 Å². The standard InChI is InChI=1S/C12H19BrN2S/c1-8-3-2-4-11(8)12(15-14)6-10-5-9(13)7-16-10/h5,7-8,11-12,15H,2-4,6,14H2,1H3. The average Bonchev–Trinajstić information content (AvgIpc) is 2.84. The molecule has 3 atom stereocenters. The predicted octanol–water partition coefficient (Wildman–Crippen LogP) is 3.32. The lowest BCUT2D eigenvalue weighted by atomic mass is 9.88. The van der Waals surface area contributed by atoms with Crippen LogP contribution in [0.1, 0.15) is 31.1 Å². The third-order valence-electron chi connectivity index (χ3n) is 3.70. The summed E-state index contributed by atoms with van der Waals surface area (Å²) in [6, 6.07) is 2.64. The van der Waals surface area contributed by atoms with Gasteiger partial charge in [0.15, 0.2) is 0 Å². The van der Waals surface area contributed by atoms with Gasteiger partial charge in [-0.25, -0.2) is 0 Å². The summed E-state index contributed by atoms with van der Waals surface area (Å²) in [4.78, 5) is 1.41. The fourth-order valence-corrected chi connectivity index (χ4v) is 4.29. The SMILES string of the molecule is CC1CCCC1C(Cc1cc(Br)cs1)NN. The van der Waals surface area contributed by atoms with Crippen molar-refractivity contribution in [2.45, 2.75) is 38.6 Å². The Morgan fingerprint density at radius 3 is 2.94 bits per heavy atom. The zero-order valence-corrected chi connectivity index (χ0v) is 12.0. The summed E-state index contributed by atoms with van der Waals surface area (Å²) in [5, 5.41) is 2.14. The van der Waals surface area contributed by atoms with Crippen molar-refractivity contribution in [2.24, 2.45) is 17.7 Å². The number of nitrogens with one attached hydrogen (secondary N) is 1. The molecule has 1 aromatic rings. The fraction of sp³-hybridized carbons (Fsp3) is 0.667. The minimum absolute atomic E-state index is 0.433. The molecule has 3 N–H and O–H groups in total. The molecule has 0 radical (unpaired) electrons. The summed E-state index contributed by atoms with van der Waals surface area (Å²) in [6.07, 6.45) is 5.10. The van der Waals surface area contributed by atoms with E-state index in [0.717, 1.165) is 18.3 Å². The molecule has 0 bridgehead atoms. The van der Waals surface area contributed by atoms with E-state index in [1.807, 2.05) is 11.3 Å². The van der Waals surface area contributed by atoms with Gasteiger partial charge in [-0.1, -0.05) is 19.8 Å². The molecule has 1 saturated carbocycles. The van der Waals surface area contributed by atoms with Crippen LogP contribution >= 0.6 is 27.3 Å². The van der Waals surface area contributed by atoms with Gasteiger partial charge < -0.3 is 0 Å². The Hall–Kier alpha value is 0.1000. The van der Waals surface area contributed by atoms with E-state index in [0.29, 0.717) is 6.04 Å². The first kappa shape index (κ1) is 12.6. The van der Waals surface area contributed by atoms with Crippen LogP contribution in [0, 0.1) is 11.8 Å². The lowest BCUT2D eigenvalue weighted by Crippen LogP contribution is -2.43. The largest absolute Gasteiger partial charge is 0.271 e. The average molecular weight is 303 g/mol. The van der Waals surface area contributed by atoms with E-state index in [1.54, 1.807) is 0 Å². The number of hydrogen-bond acceptors (Lipinski definition) is 3. The highest BCUT2D eigenvalue weighted by Crippen LogP contribution is 2.35. The van der Waals surface area contributed by atoms with E-state index in [1.165, 1.54) is 28.6 Å².